The van der Waals surface area contributed by atoms with Crippen LogP contribution in [0.4, 0.5) is 0 Å². The number of likely N-dealkylation sites (N-methyl/N-ethyl adjacent to an activating group) is 1. The number of aliphatic carboxylic acids is 2. The van der Waals surface area contributed by atoms with Crippen LogP contribution in [-0.2, 0) is 44.8 Å². The third-order valence-corrected chi connectivity index (χ3v) is 6.79. The largest absolute Gasteiger partial charge is 0.483 e. The number of hydrogen-bond donors (Lipinski definition) is 4. The molecule has 1 radical (unpaired) electrons. The first-order chi connectivity index (χ1) is 17.9. The first-order valence-electron chi connectivity index (χ1n) is 13.1. The van der Waals surface area contributed by atoms with E-state index in [1.807, 2.05) is 14.7 Å². The van der Waals surface area contributed by atoms with E-state index in [4.69, 9.17) is 9.90 Å². The maximum Gasteiger partial charge on any atom is 0.317 e. The van der Waals surface area contributed by atoms with E-state index in [-0.39, 0.29) is 61.8 Å². The van der Waals surface area contributed by atoms with Gasteiger partial charge in [0.25, 0.3) is 6.47 Å². The fourth-order valence-corrected chi connectivity index (χ4v) is 4.53. The number of hydrogen-bond acceptors (Lipinski definition) is 8. The normalized spacial score (nSPS) is 18.5. The Hall–Kier alpha value is -2.03. The Labute approximate surface area is 249 Å². The molecule has 0 aromatic heterocycles. The molecule has 2 rings (SSSR count). The second-order valence-electron chi connectivity index (χ2n) is 10.6. The molecule has 0 spiro atoms. The second kappa shape index (κ2) is 20.8. The molecule has 6 N–H and O–H groups in total. The molecular weight excluding hydrogens is 559 g/mol. The molecule has 229 valence electrons. The van der Waals surface area contributed by atoms with E-state index in [1.54, 1.807) is 0 Å². The van der Waals surface area contributed by atoms with Gasteiger partial charge in [0.05, 0.1) is 19.8 Å². The molecular formula is C27H48N4O8V. The smallest absolute Gasteiger partial charge is 0.317 e. The van der Waals surface area contributed by atoms with Crippen LogP contribution >= 0.6 is 0 Å². The molecule has 0 saturated carbocycles. The Bertz CT molecular complexity index is 854. The molecule has 1 aromatic carbocycles. The van der Waals surface area contributed by atoms with Crippen LogP contribution in [0.25, 0.3) is 0 Å². The van der Waals surface area contributed by atoms with Gasteiger partial charge >= 0.3 is 11.9 Å². The summed E-state index contributed by atoms with van der Waals surface area (Å²) in [5, 5.41) is 35.8. The third kappa shape index (κ3) is 15.7. The van der Waals surface area contributed by atoms with Gasteiger partial charge in [-0.25, -0.2) is 0 Å². The number of rotatable bonds is 8. The minimum Gasteiger partial charge on any atom is -0.483 e. The van der Waals surface area contributed by atoms with Crippen molar-refractivity contribution in [2.45, 2.75) is 45.6 Å². The van der Waals surface area contributed by atoms with Gasteiger partial charge in [-0.2, -0.15) is 0 Å². The molecule has 13 heteroatoms. The Kier molecular flexibility index (Phi) is 20.9. The van der Waals surface area contributed by atoms with Gasteiger partial charge in [0.1, 0.15) is 0 Å². The molecule has 0 amide bonds. The fourth-order valence-electron chi connectivity index (χ4n) is 4.53. The van der Waals surface area contributed by atoms with Crippen molar-refractivity contribution in [1.29, 1.82) is 0 Å². The number of benzene rings is 1. The standard InChI is InChI=1S/C26H44N4O5.CH2O2.H2O.V/c1-5-27-10-11-28(18-24(32)33)12-13-29(19-25(34)35)14-15-30(20-31)23(17-27)16-21-6-8-22(9-7-21)26(2,3)4;2-1-3;;/h6-9,23,31H,5,10-20H2,1-4H3,(H,32,33)(H,34,35);1H,(H,2,3);1H2;. The van der Waals surface area contributed by atoms with Crippen molar-refractivity contribution in [3.8, 4) is 0 Å². The number of aliphatic hydroxyl groups is 1. The Morgan fingerprint density at radius 1 is 0.900 bits per heavy atom. The molecule has 1 unspecified atom stereocenters. The summed E-state index contributed by atoms with van der Waals surface area (Å²) >= 11 is 0. The summed E-state index contributed by atoms with van der Waals surface area (Å²) in [6.45, 7) is 13.0. The van der Waals surface area contributed by atoms with Crippen LogP contribution in [0.3, 0.4) is 0 Å². The van der Waals surface area contributed by atoms with E-state index in [0.717, 1.165) is 19.5 Å². The number of nitrogens with zero attached hydrogens (tertiary/aromatic N) is 4. The third-order valence-electron chi connectivity index (χ3n) is 6.79. The quantitative estimate of drug-likeness (QED) is 0.296. The summed E-state index contributed by atoms with van der Waals surface area (Å²) in [4.78, 5) is 39.2. The molecule has 1 aliphatic rings. The van der Waals surface area contributed by atoms with Crippen LogP contribution in [0.2, 0.25) is 0 Å². The summed E-state index contributed by atoms with van der Waals surface area (Å²) in [7, 11) is 0. The molecule has 1 heterocycles. The SMILES string of the molecule is CCN1CCN(CC(=O)O)CCN(CC(=O)O)CCN(CO)C(Cc2ccc(C(C)(C)C)cc2)C1.O.O=CO.[V]. The molecule has 1 saturated heterocycles. The maximum atomic E-state index is 11.4. The predicted octanol–water partition coefficient (Wildman–Crippen LogP) is 0.129. The van der Waals surface area contributed by atoms with Crippen molar-refractivity contribution < 1.29 is 58.8 Å². The van der Waals surface area contributed by atoms with Gasteiger partial charge in [-0.1, -0.05) is 52.0 Å². The number of carboxylic acids is 2. The predicted molar refractivity (Wildman–Crippen MR) is 149 cm³/mol. The van der Waals surface area contributed by atoms with Crippen molar-refractivity contribution >= 4 is 18.4 Å². The fraction of sp³-hybridized carbons (Fsp3) is 0.667. The summed E-state index contributed by atoms with van der Waals surface area (Å²) in [5.41, 5.74) is 2.55. The Morgan fingerprint density at radius 2 is 1.32 bits per heavy atom. The zero-order valence-electron chi connectivity index (χ0n) is 24.2. The van der Waals surface area contributed by atoms with Gasteiger partial charge < -0.3 is 30.8 Å². The van der Waals surface area contributed by atoms with Crippen molar-refractivity contribution in [2.75, 3.05) is 72.2 Å². The van der Waals surface area contributed by atoms with Crippen molar-refractivity contribution in [3.63, 3.8) is 0 Å². The van der Waals surface area contributed by atoms with Crippen LogP contribution in [0.15, 0.2) is 24.3 Å². The molecule has 1 atom stereocenters. The van der Waals surface area contributed by atoms with Crippen molar-refractivity contribution in [3.05, 3.63) is 35.4 Å². The molecule has 12 nitrogen and oxygen atoms in total. The van der Waals surface area contributed by atoms with Gasteiger partial charge in [-0.05, 0) is 29.5 Å². The second-order valence-corrected chi connectivity index (χ2v) is 10.6. The average molecular weight is 608 g/mol. The zero-order valence-corrected chi connectivity index (χ0v) is 25.6. The van der Waals surface area contributed by atoms with E-state index in [0.29, 0.717) is 39.3 Å². The van der Waals surface area contributed by atoms with Crippen LogP contribution in [0, 0.1) is 0 Å². The minimum absolute atomic E-state index is 0. The molecule has 40 heavy (non-hydrogen) atoms. The van der Waals surface area contributed by atoms with E-state index in [2.05, 4.69) is 56.9 Å². The Balaban J connectivity index is 0. The molecule has 1 aliphatic heterocycles. The van der Waals surface area contributed by atoms with Gasteiger partial charge in [0.2, 0.25) is 0 Å². The van der Waals surface area contributed by atoms with Gasteiger partial charge in [-0.3, -0.25) is 29.1 Å². The summed E-state index contributed by atoms with van der Waals surface area (Å²) in [6.07, 6.45) is 0.763. The zero-order chi connectivity index (χ0) is 28.7. The minimum atomic E-state index is -0.912. The van der Waals surface area contributed by atoms with E-state index < -0.39 is 11.9 Å². The molecule has 1 aromatic rings. The maximum absolute atomic E-state index is 11.4. The van der Waals surface area contributed by atoms with Crippen LogP contribution in [0.5, 0.6) is 0 Å². The van der Waals surface area contributed by atoms with Crippen molar-refractivity contribution in [1.82, 2.24) is 19.6 Å². The summed E-state index contributed by atoms with van der Waals surface area (Å²) in [5.74, 6) is -1.79. The van der Waals surface area contributed by atoms with Crippen molar-refractivity contribution in [2.24, 2.45) is 0 Å². The first-order valence-corrected chi connectivity index (χ1v) is 13.1. The summed E-state index contributed by atoms with van der Waals surface area (Å²) in [6, 6.07) is 8.70. The van der Waals surface area contributed by atoms with Crippen LogP contribution in [-0.4, -0.2) is 142 Å². The van der Waals surface area contributed by atoms with Gasteiger partial charge in [0, 0.05) is 70.4 Å². The average Bonchev–Trinajstić information content (AvgIpc) is 2.83. The van der Waals surface area contributed by atoms with Crippen LogP contribution in [0.1, 0.15) is 38.8 Å². The number of carbonyl (C=O) groups is 3. The first kappa shape index (κ1) is 40.1. The van der Waals surface area contributed by atoms with Gasteiger partial charge in [-0.15, -0.1) is 0 Å². The monoisotopic (exact) mass is 607 g/mol. The molecule has 0 aliphatic carbocycles. The number of carboxylic acid groups (broad SMARTS) is 3. The molecule has 1 fully saturated rings. The number of aliphatic hydroxyl groups excluding tert-OH is 1. The van der Waals surface area contributed by atoms with E-state index >= 15 is 0 Å². The Morgan fingerprint density at radius 3 is 1.70 bits per heavy atom. The summed E-state index contributed by atoms with van der Waals surface area (Å²) < 4.78 is 0. The molecule has 0 bridgehead atoms. The van der Waals surface area contributed by atoms with E-state index in [9.17, 15) is 24.9 Å². The van der Waals surface area contributed by atoms with Gasteiger partial charge in [0.15, 0.2) is 0 Å². The van der Waals surface area contributed by atoms with E-state index in [1.165, 1.54) is 11.1 Å². The van der Waals surface area contributed by atoms with Crippen LogP contribution < -0.4 is 0 Å². The topological polar surface area (TPSA) is 177 Å².